The summed E-state index contributed by atoms with van der Waals surface area (Å²) in [4.78, 5) is 16.1. The Labute approximate surface area is 104 Å². The Balaban J connectivity index is 2.18. The second-order valence-corrected chi connectivity index (χ2v) is 4.47. The Morgan fingerprint density at radius 2 is 2.33 bits per heavy atom. The molecule has 18 heavy (non-hydrogen) atoms. The number of halogens is 1. The van der Waals surface area contributed by atoms with Crippen LogP contribution >= 0.6 is 0 Å². The predicted octanol–water partition coefficient (Wildman–Crippen LogP) is 2.80. The van der Waals surface area contributed by atoms with Gasteiger partial charge in [-0.05, 0) is 42.1 Å². The SMILES string of the molecule is Cc1cc(F)cc(N2CC(CN=[N+]=[N-])CC2=O)c1. The molecular weight excluding hydrogens is 235 g/mol. The molecule has 1 aliphatic heterocycles. The third kappa shape index (κ3) is 2.60. The number of anilines is 1. The molecule has 0 N–H and O–H groups in total. The third-order valence-corrected chi connectivity index (χ3v) is 2.95. The van der Waals surface area contributed by atoms with Gasteiger partial charge in [0.1, 0.15) is 5.82 Å². The van der Waals surface area contributed by atoms with Crippen LogP contribution in [0.5, 0.6) is 0 Å². The van der Waals surface area contributed by atoms with E-state index < -0.39 is 0 Å². The number of rotatable bonds is 3. The van der Waals surface area contributed by atoms with Crippen molar-refractivity contribution in [3.63, 3.8) is 0 Å². The van der Waals surface area contributed by atoms with Crippen molar-refractivity contribution < 1.29 is 9.18 Å². The van der Waals surface area contributed by atoms with E-state index in [1.54, 1.807) is 17.9 Å². The summed E-state index contributed by atoms with van der Waals surface area (Å²) in [6.45, 7) is 2.55. The van der Waals surface area contributed by atoms with Crippen LogP contribution in [0.15, 0.2) is 23.3 Å². The fraction of sp³-hybridized carbons (Fsp3) is 0.417. The average Bonchev–Trinajstić information content (AvgIpc) is 2.66. The number of carbonyl (C=O) groups is 1. The fourth-order valence-corrected chi connectivity index (χ4v) is 2.18. The Hall–Kier alpha value is -2.07. The van der Waals surface area contributed by atoms with Crippen molar-refractivity contribution in [1.29, 1.82) is 0 Å². The molecule has 0 spiro atoms. The predicted molar refractivity (Wildman–Crippen MR) is 65.6 cm³/mol. The van der Waals surface area contributed by atoms with E-state index in [4.69, 9.17) is 5.53 Å². The Bertz CT molecular complexity index is 505. The molecule has 5 nitrogen and oxygen atoms in total. The minimum absolute atomic E-state index is 0.0111. The minimum atomic E-state index is -0.351. The zero-order valence-electron chi connectivity index (χ0n) is 10.0. The molecular formula is C12H13FN4O. The van der Waals surface area contributed by atoms with E-state index in [-0.39, 0.29) is 17.6 Å². The van der Waals surface area contributed by atoms with E-state index in [9.17, 15) is 9.18 Å². The number of nitrogens with zero attached hydrogens (tertiary/aromatic N) is 4. The van der Waals surface area contributed by atoms with Crippen LogP contribution in [-0.2, 0) is 4.79 Å². The summed E-state index contributed by atoms with van der Waals surface area (Å²) in [5.74, 6) is -0.397. The highest BCUT2D eigenvalue weighted by atomic mass is 19.1. The van der Waals surface area contributed by atoms with Crippen LogP contribution in [0.2, 0.25) is 0 Å². The van der Waals surface area contributed by atoms with Gasteiger partial charge in [0.15, 0.2) is 0 Å². The van der Waals surface area contributed by atoms with Gasteiger partial charge in [0.25, 0.3) is 0 Å². The molecule has 1 aromatic carbocycles. The monoisotopic (exact) mass is 248 g/mol. The maximum atomic E-state index is 13.3. The van der Waals surface area contributed by atoms with Gasteiger partial charge in [-0.1, -0.05) is 5.11 Å². The molecule has 0 aliphatic carbocycles. The van der Waals surface area contributed by atoms with Gasteiger partial charge in [-0.15, -0.1) is 0 Å². The number of carbonyl (C=O) groups excluding carboxylic acids is 1. The first-order valence-electron chi connectivity index (χ1n) is 5.68. The molecule has 1 fully saturated rings. The normalized spacial score (nSPS) is 18.9. The van der Waals surface area contributed by atoms with Gasteiger partial charge in [-0.2, -0.15) is 0 Å². The molecule has 0 radical (unpaired) electrons. The van der Waals surface area contributed by atoms with Crippen molar-refractivity contribution >= 4 is 11.6 Å². The second-order valence-electron chi connectivity index (χ2n) is 4.47. The highest BCUT2D eigenvalue weighted by Crippen LogP contribution is 2.26. The van der Waals surface area contributed by atoms with Crippen LogP contribution in [0.25, 0.3) is 10.4 Å². The summed E-state index contributed by atoms with van der Waals surface area (Å²) < 4.78 is 13.3. The first-order chi connectivity index (χ1) is 8.60. The number of amides is 1. The van der Waals surface area contributed by atoms with Crippen LogP contribution in [0.3, 0.4) is 0 Å². The van der Waals surface area contributed by atoms with E-state index in [1.807, 2.05) is 0 Å². The van der Waals surface area contributed by atoms with Crippen molar-refractivity contribution in [1.82, 2.24) is 0 Å². The number of benzene rings is 1. The third-order valence-electron chi connectivity index (χ3n) is 2.95. The van der Waals surface area contributed by atoms with Gasteiger partial charge in [-0.3, -0.25) is 4.79 Å². The van der Waals surface area contributed by atoms with Crippen LogP contribution in [0.1, 0.15) is 12.0 Å². The van der Waals surface area contributed by atoms with Gasteiger partial charge < -0.3 is 4.90 Å². The first kappa shape index (κ1) is 12.4. The number of hydrogen-bond donors (Lipinski definition) is 0. The lowest BCUT2D eigenvalue weighted by atomic mass is 10.1. The summed E-state index contributed by atoms with van der Waals surface area (Å²) in [5.41, 5.74) is 9.60. The molecule has 94 valence electrons. The summed E-state index contributed by atoms with van der Waals surface area (Å²) in [6, 6.07) is 4.54. The van der Waals surface area contributed by atoms with Gasteiger partial charge in [0, 0.05) is 30.1 Å². The quantitative estimate of drug-likeness (QED) is 0.460. The number of azide groups is 1. The van der Waals surface area contributed by atoms with Crippen LogP contribution in [0, 0.1) is 18.7 Å². The molecule has 1 saturated heterocycles. The Morgan fingerprint density at radius 3 is 3.00 bits per heavy atom. The van der Waals surface area contributed by atoms with E-state index in [1.165, 1.54) is 12.1 Å². The van der Waals surface area contributed by atoms with Crippen LogP contribution in [0.4, 0.5) is 10.1 Å². The molecule has 1 aromatic rings. The van der Waals surface area contributed by atoms with Gasteiger partial charge in [0.2, 0.25) is 5.91 Å². The maximum Gasteiger partial charge on any atom is 0.227 e. The highest BCUT2D eigenvalue weighted by Gasteiger charge is 2.30. The van der Waals surface area contributed by atoms with Gasteiger partial charge in [-0.25, -0.2) is 4.39 Å². The van der Waals surface area contributed by atoms with Crippen LogP contribution < -0.4 is 4.90 Å². The lowest BCUT2D eigenvalue weighted by molar-refractivity contribution is -0.117. The Kier molecular flexibility index (Phi) is 3.48. The molecule has 1 unspecified atom stereocenters. The molecule has 0 bridgehead atoms. The molecule has 1 atom stereocenters. The summed E-state index contributed by atoms with van der Waals surface area (Å²) in [6.07, 6.45) is 0.342. The van der Waals surface area contributed by atoms with Crippen molar-refractivity contribution in [2.75, 3.05) is 18.0 Å². The van der Waals surface area contributed by atoms with E-state index in [0.717, 1.165) is 5.56 Å². The largest absolute Gasteiger partial charge is 0.312 e. The second kappa shape index (κ2) is 5.06. The molecule has 1 aliphatic rings. The lowest BCUT2D eigenvalue weighted by Gasteiger charge is -2.17. The summed E-state index contributed by atoms with van der Waals surface area (Å²) in [5, 5.41) is 3.48. The van der Waals surface area contributed by atoms with Gasteiger partial charge in [0.05, 0.1) is 0 Å². The van der Waals surface area contributed by atoms with E-state index in [2.05, 4.69) is 10.0 Å². The van der Waals surface area contributed by atoms with Crippen molar-refractivity contribution in [3.05, 3.63) is 40.0 Å². The summed E-state index contributed by atoms with van der Waals surface area (Å²) in [7, 11) is 0. The minimum Gasteiger partial charge on any atom is -0.312 e. The van der Waals surface area contributed by atoms with E-state index in [0.29, 0.717) is 25.2 Å². The highest BCUT2D eigenvalue weighted by molar-refractivity contribution is 5.95. The topological polar surface area (TPSA) is 69.1 Å². The maximum absolute atomic E-state index is 13.3. The van der Waals surface area contributed by atoms with Gasteiger partial charge >= 0.3 is 0 Å². The molecule has 2 rings (SSSR count). The van der Waals surface area contributed by atoms with Crippen molar-refractivity contribution in [2.45, 2.75) is 13.3 Å². The molecule has 1 amide bonds. The molecule has 0 saturated carbocycles. The molecule has 0 aromatic heterocycles. The van der Waals surface area contributed by atoms with E-state index >= 15 is 0 Å². The summed E-state index contributed by atoms with van der Waals surface area (Å²) >= 11 is 0. The fourth-order valence-electron chi connectivity index (χ4n) is 2.18. The van der Waals surface area contributed by atoms with Crippen LogP contribution in [-0.4, -0.2) is 19.0 Å². The molecule has 1 heterocycles. The van der Waals surface area contributed by atoms with Crippen molar-refractivity contribution in [2.24, 2.45) is 11.0 Å². The zero-order valence-corrected chi connectivity index (χ0v) is 10.0. The standard InChI is InChI=1S/C12H13FN4O/c1-8-2-10(13)5-11(3-8)17-7-9(4-12(17)18)6-15-16-14/h2-3,5,9H,4,6-7H2,1H3. The Morgan fingerprint density at radius 1 is 1.56 bits per heavy atom. The van der Waals surface area contributed by atoms with Crippen molar-refractivity contribution in [3.8, 4) is 0 Å². The smallest absolute Gasteiger partial charge is 0.227 e. The number of aryl methyl sites for hydroxylation is 1. The molecule has 6 heteroatoms. The lowest BCUT2D eigenvalue weighted by Crippen LogP contribution is -2.24. The zero-order chi connectivity index (χ0) is 13.1. The number of hydrogen-bond acceptors (Lipinski definition) is 2. The first-order valence-corrected chi connectivity index (χ1v) is 5.68. The average molecular weight is 248 g/mol.